The van der Waals surface area contributed by atoms with Crippen LogP contribution in [0, 0.1) is 0 Å². The minimum Gasteiger partial charge on any atom is -0.271 e. The first-order chi connectivity index (χ1) is 9.26. The van der Waals surface area contributed by atoms with E-state index in [2.05, 4.69) is 44.4 Å². The van der Waals surface area contributed by atoms with Gasteiger partial charge >= 0.3 is 0 Å². The number of nitrogens with two attached hydrogens (primary N) is 1. The molecule has 1 unspecified atom stereocenters. The van der Waals surface area contributed by atoms with E-state index in [1.807, 2.05) is 22.9 Å². The first-order valence-electron chi connectivity index (χ1n) is 6.33. The van der Waals surface area contributed by atoms with Gasteiger partial charge in [-0.15, -0.1) is 0 Å². The van der Waals surface area contributed by atoms with Crippen molar-refractivity contribution in [2.24, 2.45) is 5.84 Å². The van der Waals surface area contributed by atoms with Crippen molar-refractivity contribution < 1.29 is 0 Å². The summed E-state index contributed by atoms with van der Waals surface area (Å²) in [4.78, 5) is 4.32. The zero-order chi connectivity index (χ0) is 13.7. The average Bonchev–Trinajstić information content (AvgIpc) is 2.85. The molecular formula is C13H18BrN5. The molecule has 2 rings (SSSR count). The van der Waals surface area contributed by atoms with Crippen LogP contribution in [0.4, 0.5) is 0 Å². The smallest absolute Gasteiger partial charge is 0.138 e. The maximum Gasteiger partial charge on any atom is 0.138 e. The van der Waals surface area contributed by atoms with Crippen molar-refractivity contribution in [3.63, 3.8) is 0 Å². The standard InChI is InChI=1S/C13H18BrN5/c1-2-7-19-13(16-9-17-19)8-12(18-15)10-5-3-4-6-11(10)14/h3-6,9,12,18H,2,7-8,15H2,1H3. The van der Waals surface area contributed by atoms with E-state index in [9.17, 15) is 0 Å². The Balaban J connectivity index is 2.19. The highest BCUT2D eigenvalue weighted by Crippen LogP contribution is 2.24. The number of hydrogen-bond donors (Lipinski definition) is 2. The topological polar surface area (TPSA) is 68.8 Å². The molecule has 0 bridgehead atoms. The second-order valence-corrected chi connectivity index (χ2v) is 5.20. The van der Waals surface area contributed by atoms with E-state index in [4.69, 9.17) is 5.84 Å². The zero-order valence-electron chi connectivity index (χ0n) is 10.9. The quantitative estimate of drug-likeness (QED) is 0.631. The normalized spacial score (nSPS) is 12.6. The summed E-state index contributed by atoms with van der Waals surface area (Å²) in [5.74, 6) is 6.63. The number of halogens is 1. The molecule has 0 saturated heterocycles. The fourth-order valence-electron chi connectivity index (χ4n) is 2.04. The SMILES string of the molecule is CCCn1ncnc1CC(NN)c1ccccc1Br. The van der Waals surface area contributed by atoms with Crippen molar-refractivity contribution in [3.05, 3.63) is 46.5 Å². The monoisotopic (exact) mass is 323 g/mol. The largest absolute Gasteiger partial charge is 0.271 e. The summed E-state index contributed by atoms with van der Waals surface area (Å²) >= 11 is 3.55. The summed E-state index contributed by atoms with van der Waals surface area (Å²) in [5, 5.41) is 4.23. The van der Waals surface area contributed by atoms with Crippen LogP contribution in [0.2, 0.25) is 0 Å². The molecule has 3 N–H and O–H groups in total. The number of aryl methyl sites for hydroxylation is 1. The molecule has 1 aromatic carbocycles. The number of rotatable bonds is 6. The Morgan fingerprint density at radius 3 is 2.89 bits per heavy atom. The highest BCUT2D eigenvalue weighted by molar-refractivity contribution is 9.10. The van der Waals surface area contributed by atoms with Crippen LogP contribution in [0.3, 0.4) is 0 Å². The van der Waals surface area contributed by atoms with Crippen LogP contribution in [0.15, 0.2) is 35.1 Å². The lowest BCUT2D eigenvalue weighted by Gasteiger charge is -2.17. The predicted octanol–water partition coefficient (Wildman–Crippen LogP) is 2.20. The first kappa shape index (κ1) is 14.2. The molecule has 0 amide bonds. The van der Waals surface area contributed by atoms with Crippen LogP contribution >= 0.6 is 15.9 Å². The van der Waals surface area contributed by atoms with Crippen molar-refractivity contribution in [2.45, 2.75) is 32.4 Å². The highest BCUT2D eigenvalue weighted by atomic mass is 79.9. The number of hydrazine groups is 1. The summed E-state index contributed by atoms with van der Waals surface area (Å²) in [5.41, 5.74) is 3.98. The van der Waals surface area contributed by atoms with E-state index in [0.29, 0.717) is 6.42 Å². The zero-order valence-corrected chi connectivity index (χ0v) is 12.5. The Morgan fingerprint density at radius 2 is 2.21 bits per heavy atom. The van der Waals surface area contributed by atoms with E-state index >= 15 is 0 Å². The molecule has 1 aromatic heterocycles. The van der Waals surface area contributed by atoms with Crippen molar-refractivity contribution in [1.82, 2.24) is 20.2 Å². The van der Waals surface area contributed by atoms with E-state index in [0.717, 1.165) is 28.8 Å². The molecule has 1 atom stereocenters. The van der Waals surface area contributed by atoms with Gasteiger partial charge in [-0.25, -0.2) is 4.98 Å². The molecule has 2 aromatic rings. The van der Waals surface area contributed by atoms with Gasteiger partial charge in [-0.3, -0.25) is 16.0 Å². The molecule has 0 aliphatic heterocycles. The van der Waals surface area contributed by atoms with Crippen LogP contribution in [0.25, 0.3) is 0 Å². The summed E-state index contributed by atoms with van der Waals surface area (Å²) in [6.07, 6.45) is 3.34. The van der Waals surface area contributed by atoms with Crippen molar-refractivity contribution in [3.8, 4) is 0 Å². The predicted molar refractivity (Wildman–Crippen MR) is 78.2 cm³/mol. The van der Waals surface area contributed by atoms with E-state index in [1.165, 1.54) is 0 Å². The van der Waals surface area contributed by atoms with Gasteiger partial charge in [0, 0.05) is 17.4 Å². The minimum absolute atomic E-state index is 0.00961. The lowest BCUT2D eigenvalue weighted by atomic mass is 10.0. The van der Waals surface area contributed by atoms with Crippen molar-refractivity contribution in [2.75, 3.05) is 0 Å². The average molecular weight is 324 g/mol. The third-order valence-corrected chi connectivity index (χ3v) is 3.72. The maximum atomic E-state index is 5.69. The number of nitrogens with zero attached hydrogens (tertiary/aromatic N) is 3. The minimum atomic E-state index is 0.00961. The Bertz CT molecular complexity index is 525. The second-order valence-electron chi connectivity index (χ2n) is 4.34. The van der Waals surface area contributed by atoms with E-state index in [1.54, 1.807) is 6.33 Å². The summed E-state index contributed by atoms with van der Waals surface area (Å²) < 4.78 is 2.97. The molecule has 0 spiro atoms. The Kier molecular flexibility index (Phi) is 5.07. The molecule has 0 radical (unpaired) electrons. The first-order valence-corrected chi connectivity index (χ1v) is 7.12. The molecule has 1 heterocycles. The molecule has 5 nitrogen and oxygen atoms in total. The molecule has 0 fully saturated rings. The third kappa shape index (κ3) is 3.40. The number of hydrogen-bond acceptors (Lipinski definition) is 4. The van der Waals surface area contributed by atoms with Gasteiger partial charge in [0.1, 0.15) is 12.2 Å². The lowest BCUT2D eigenvalue weighted by Crippen LogP contribution is -2.30. The number of nitrogens with one attached hydrogen (secondary N) is 1. The Morgan fingerprint density at radius 1 is 1.42 bits per heavy atom. The van der Waals surface area contributed by atoms with Gasteiger partial charge in [-0.1, -0.05) is 41.1 Å². The number of aromatic nitrogens is 3. The van der Waals surface area contributed by atoms with Gasteiger partial charge in [0.2, 0.25) is 0 Å². The van der Waals surface area contributed by atoms with Crippen molar-refractivity contribution >= 4 is 15.9 Å². The second kappa shape index (κ2) is 6.79. The van der Waals surface area contributed by atoms with Crippen LogP contribution in [0.1, 0.15) is 30.8 Å². The van der Waals surface area contributed by atoms with Gasteiger partial charge in [0.15, 0.2) is 0 Å². The number of benzene rings is 1. The fourth-order valence-corrected chi connectivity index (χ4v) is 2.60. The van der Waals surface area contributed by atoms with Crippen molar-refractivity contribution in [1.29, 1.82) is 0 Å². The van der Waals surface area contributed by atoms with Gasteiger partial charge in [0.25, 0.3) is 0 Å². The Hall–Kier alpha value is -1.24. The molecule has 0 saturated carbocycles. The molecule has 102 valence electrons. The van der Waals surface area contributed by atoms with Gasteiger partial charge in [-0.2, -0.15) is 5.10 Å². The van der Waals surface area contributed by atoms with Crippen LogP contribution < -0.4 is 11.3 Å². The fraction of sp³-hybridized carbons (Fsp3) is 0.385. The molecule has 19 heavy (non-hydrogen) atoms. The van der Waals surface area contributed by atoms with Gasteiger partial charge < -0.3 is 0 Å². The Labute approximate surface area is 121 Å². The molecule has 6 heteroatoms. The summed E-state index contributed by atoms with van der Waals surface area (Å²) in [7, 11) is 0. The lowest BCUT2D eigenvalue weighted by molar-refractivity contribution is 0.498. The highest BCUT2D eigenvalue weighted by Gasteiger charge is 2.16. The van der Waals surface area contributed by atoms with Crippen LogP contribution in [-0.4, -0.2) is 14.8 Å². The molecular weight excluding hydrogens is 306 g/mol. The summed E-state index contributed by atoms with van der Waals surface area (Å²) in [6.45, 7) is 3.00. The van der Waals surface area contributed by atoms with Crippen LogP contribution in [0.5, 0.6) is 0 Å². The third-order valence-electron chi connectivity index (χ3n) is 3.00. The van der Waals surface area contributed by atoms with E-state index < -0.39 is 0 Å². The molecule has 0 aliphatic carbocycles. The van der Waals surface area contributed by atoms with Gasteiger partial charge in [0.05, 0.1) is 6.04 Å². The maximum absolute atomic E-state index is 5.69. The molecule has 0 aliphatic rings. The summed E-state index contributed by atoms with van der Waals surface area (Å²) in [6, 6.07) is 8.06. The van der Waals surface area contributed by atoms with Gasteiger partial charge in [-0.05, 0) is 18.1 Å². The van der Waals surface area contributed by atoms with Crippen LogP contribution in [-0.2, 0) is 13.0 Å². The van der Waals surface area contributed by atoms with E-state index in [-0.39, 0.29) is 6.04 Å².